The van der Waals surface area contributed by atoms with Crippen LogP contribution in [0.25, 0.3) is 0 Å². The Labute approximate surface area is 156 Å². The topological polar surface area (TPSA) is 70.9 Å². The average molecular weight is 406 g/mol. The maximum absolute atomic E-state index is 12.7. The minimum absolute atomic E-state index is 0.0217. The molecular weight excluding hydrogens is 383 g/mol. The Hall–Kier alpha value is -1.65. The number of rotatable bonds is 5. The zero-order valence-electron chi connectivity index (χ0n) is 14.9. The van der Waals surface area contributed by atoms with E-state index in [1.165, 1.54) is 4.31 Å². The van der Waals surface area contributed by atoms with Gasteiger partial charge < -0.3 is 10.2 Å². The minimum Gasteiger partial charge on any atom is -0.348 e. The molecule has 1 aliphatic heterocycles. The first-order valence-corrected chi connectivity index (χ1v) is 10.4. The van der Waals surface area contributed by atoms with Crippen molar-refractivity contribution in [2.75, 3.05) is 26.2 Å². The second-order valence-electron chi connectivity index (χ2n) is 7.09. The first kappa shape index (κ1) is 20.1. The first-order chi connectivity index (χ1) is 12.6. The Morgan fingerprint density at radius 2 is 1.74 bits per heavy atom. The number of hydrogen-bond acceptors (Lipinski definition) is 3. The van der Waals surface area contributed by atoms with Crippen molar-refractivity contribution in [3.8, 4) is 0 Å². The molecule has 1 aromatic rings. The lowest BCUT2D eigenvalue weighted by Gasteiger charge is -2.34. The fourth-order valence-electron chi connectivity index (χ4n) is 3.15. The molecule has 10 heteroatoms. The third kappa shape index (κ3) is 4.61. The SMILES string of the molecule is C[C@H](C(=O)NC1CC1)[NH+]1CCN(S(=O)(=O)c2ccc(C(F)(F)F)cc2)CC1. The Balaban J connectivity index is 1.61. The maximum atomic E-state index is 12.7. The van der Waals surface area contributed by atoms with E-state index in [2.05, 4.69) is 5.32 Å². The molecule has 2 aliphatic rings. The second-order valence-corrected chi connectivity index (χ2v) is 9.03. The number of nitrogens with zero attached hydrogens (tertiary/aromatic N) is 1. The van der Waals surface area contributed by atoms with Crippen molar-refractivity contribution in [1.82, 2.24) is 9.62 Å². The number of piperazine rings is 1. The highest BCUT2D eigenvalue weighted by Crippen LogP contribution is 2.30. The van der Waals surface area contributed by atoms with Crippen LogP contribution in [0.15, 0.2) is 29.2 Å². The Morgan fingerprint density at radius 1 is 1.19 bits per heavy atom. The van der Waals surface area contributed by atoms with Gasteiger partial charge in [-0.1, -0.05) is 0 Å². The molecule has 0 radical (unpaired) electrons. The highest BCUT2D eigenvalue weighted by molar-refractivity contribution is 7.89. The van der Waals surface area contributed by atoms with E-state index in [4.69, 9.17) is 0 Å². The normalized spacial score (nSPS) is 21.0. The lowest BCUT2D eigenvalue weighted by molar-refractivity contribution is -0.917. The van der Waals surface area contributed by atoms with Crippen LogP contribution in [0.1, 0.15) is 25.3 Å². The van der Waals surface area contributed by atoms with Crippen LogP contribution in [0, 0.1) is 0 Å². The lowest BCUT2D eigenvalue weighted by atomic mass is 10.2. The number of hydrogen-bond donors (Lipinski definition) is 2. The summed E-state index contributed by atoms with van der Waals surface area (Å²) in [6, 6.07) is 3.55. The summed E-state index contributed by atoms with van der Waals surface area (Å²) in [5.74, 6) is -0.0217. The van der Waals surface area contributed by atoms with Crippen molar-refractivity contribution in [1.29, 1.82) is 0 Å². The quantitative estimate of drug-likeness (QED) is 0.737. The van der Waals surface area contributed by atoms with Crippen LogP contribution in [0.4, 0.5) is 13.2 Å². The zero-order chi connectivity index (χ0) is 19.8. The summed E-state index contributed by atoms with van der Waals surface area (Å²) in [5.41, 5.74) is -0.883. The fourth-order valence-corrected chi connectivity index (χ4v) is 4.59. The summed E-state index contributed by atoms with van der Waals surface area (Å²) < 4.78 is 64.5. The molecule has 2 fully saturated rings. The molecule has 0 aromatic heterocycles. The molecule has 2 N–H and O–H groups in total. The molecule has 27 heavy (non-hydrogen) atoms. The van der Waals surface area contributed by atoms with Crippen LogP contribution in [-0.4, -0.2) is 56.9 Å². The molecule has 1 aliphatic carbocycles. The van der Waals surface area contributed by atoms with Crippen molar-refractivity contribution in [3.63, 3.8) is 0 Å². The van der Waals surface area contributed by atoms with Gasteiger partial charge in [0.2, 0.25) is 10.0 Å². The largest absolute Gasteiger partial charge is 0.416 e. The Kier molecular flexibility index (Phi) is 5.51. The maximum Gasteiger partial charge on any atom is 0.416 e. The molecule has 1 atom stereocenters. The fraction of sp³-hybridized carbons (Fsp3) is 0.588. The smallest absolute Gasteiger partial charge is 0.348 e. The number of amides is 1. The number of carbonyl (C=O) groups is 1. The van der Waals surface area contributed by atoms with E-state index in [0.29, 0.717) is 13.1 Å². The van der Waals surface area contributed by atoms with Gasteiger partial charge in [-0.05, 0) is 44.0 Å². The molecular formula is C17H23F3N3O3S+. The highest BCUT2D eigenvalue weighted by atomic mass is 32.2. The van der Waals surface area contributed by atoms with Crippen molar-refractivity contribution in [2.24, 2.45) is 0 Å². The van der Waals surface area contributed by atoms with E-state index in [-0.39, 0.29) is 36.0 Å². The third-order valence-corrected chi connectivity index (χ3v) is 7.03. The minimum atomic E-state index is -4.51. The molecule has 1 aromatic carbocycles. The second kappa shape index (κ2) is 7.40. The molecule has 1 saturated carbocycles. The van der Waals surface area contributed by atoms with Crippen molar-refractivity contribution in [2.45, 2.75) is 42.9 Å². The van der Waals surface area contributed by atoms with Gasteiger partial charge in [-0.2, -0.15) is 17.5 Å². The number of alkyl halides is 3. The molecule has 0 bridgehead atoms. The predicted octanol–water partition coefficient (Wildman–Crippen LogP) is 0.262. The van der Waals surface area contributed by atoms with Crippen LogP contribution in [0.3, 0.4) is 0 Å². The number of benzene rings is 1. The van der Waals surface area contributed by atoms with Gasteiger partial charge in [-0.25, -0.2) is 8.42 Å². The van der Waals surface area contributed by atoms with Gasteiger partial charge in [-0.15, -0.1) is 0 Å². The van der Waals surface area contributed by atoms with E-state index >= 15 is 0 Å². The van der Waals surface area contributed by atoms with Gasteiger partial charge in [0.15, 0.2) is 6.04 Å². The van der Waals surface area contributed by atoms with Crippen molar-refractivity contribution in [3.05, 3.63) is 29.8 Å². The van der Waals surface area contributed by atoms with Crippen molar-refractivity contribution >= 4 is 15.9 Å². The molecule has 0 unspecified atom stereocenters. The lowest BCUT2D eigenvalue weighted by Crippen LogP contribution is -3.19. The van der Waals surface area contributed by atoms with Crippen molar-refractivity contribution < 1.29 is 31.3 Å². The standard InChI is InChI=1S/C17H22F3N3O3S/c1-12(16(24)21-14-4-5-14)22-8-10-23(11-9-22)27(25,26)15-6-2-13(3-7-15)17(18,19)20/h2-3,6-7,12,14H,4-5,8-11H2,1H3,(H,21,24)/p+1/t12-/m1/s1. The number of halogens is 3. The summed E-state index contributed by atoms with van der Waals surface area (Å²) in [5, 5.41) is 2.95. The molecule has 150 valence electrons. The van der Waals surface area contributed by atoms with E-state index < -0.39 is 21.8 Å². The molecule has 1 amide bonds. The summed E-state index contributed by atoms with van der Waals surface area (Å²) >= 11 is 0. The number of carbonyl (C=O) groups excluding carboxylic acids is 1. The molecule has 1 saturated heterocycles. The van der Waals surface area contributed by atoms with E-state index in [0.717, 1.165) is 42.0 Å². The van der Waals surface area contributed by atoms with Gasteiger partial charge in [0.05, 0.1) is 36.6 Å². The average Bonchev–Trinajstić information content (AvgIpc) is 3.44. The van der Waals surface area contributed by atoms with Crippen LogP contribution in [0.2, 0.25) is 0 Å². The van der Waals surface area contributed by atoms with Crippen LogP contribution >= 0.6 is 0 Å². The van der Waals surface area contributed by atoms with Crippen LogP contribution in [0.5, 0.6) is 0 Å². The van der Waals surface area contributed by atoms with Gasteiger partial charge in [0.25, 0.3) is 5.91 Å². The van der Waals surface area contributed by atoms with E-state index in [9.17, 15) is 26.4 Å². The number of sulfonamides is 1. The van der Waals surface area contributed by atoms with Gasteiger partial charge in [-0.3, -0.25) is 4.79 Å². The Morgan fingerprint density at radius 3 is 2.22 bits per heavy atom. The predicted molar refractivity (Wildman–Crippen MR) is 91.5 cm³/mol. The molecule has 6 nitrogen and oxygen atoms in total. The summed E-state index contributed by atoms with van der Waals surface area (Å²) in [6.07, 6.45) is -2.49. The monoisotopic (exact) mass is 406 g/mol. The molecule has 0 spiro atoms. The van der Waals surface area contributed by atoms with Crippen LogP contribution < -0.4 is 10.2 Å². The van der Waals surface area contributed by atoms with E-state index in [1.54, 1.807) is 0 Å². The summed E-state index contributed by atoms with van der Waals surface area (Å²) in [7, 11) is -3.85. The Bertz CT molecular complexity index is 784. The van der Waals surface area contributed by atoms with Gasteiger partial charge >= 0.3 is 6.18 Å². The number of nitrogens with one attached hydrogen (secondary N) is 2. The molecule has 3 rings (SSSR count). The zero-order valence-corrected chi connectivity index (χ0v) is 15.7. The third-order valence-electron chi connectivity index (χ3n) is 5.11. The van der Waals surface area contributed by atoms with E-state index in [1.807, 2.05) is 6.92 Å². The van der Waals surface area contributed by atoms with Gasteiger partial charge in [0.1, 0.15) is 0 Å². The summed E-state index contributed by atoms with van der Waals surface area (Å²) in [4.78, 5) is 13.0. The first-order valence-electron chi connectivity index (χ1n) is 8.91. The van der Waals surface area contributed by atoms with Gasteiger partial charge in [0, 0.05) is 6.04 Å². The summed E-state index contributed by atoms with van der Waals surface area (Å²) in [6.45, 7) is 3.21. The van der Waals surface area contributed by atoms with Crippen LogP contribution in [-0.2, 0) is 21.0 Å². The number of quaternary nitrogens is 1. The highest BCUT2D eigenvalue weighted by Gasteiger charge is 2.36. The molecule has 1 heterocycles.